The minimum atomic E-state index is -4.61. The van der Waals surface area contributed by atoms with Crippen molar-refractivity contribution in [1.82, 2.24) is 0 Å². The first-order valence-electron chi connectivity index (χ1n) is 21.2. The highest BCUT2D eigenvalue weighted by molar-refractivity contribution is 7.47. The average Bonchev–Trinajstić information content (AvgIpc) is 3.12. The molecule has 0 rings (SSSR count). The molecule has 3 unspecified atom stereocenters. The fourth-order valence-corrected chi connectivity index (χ4v) is 6.73. The van der Waals surface area contributed by atoms with Gasteiger partial charge in [-0.2, -0.15) is 0 Å². The van der Waals surface area contributed by atoms with E-state index in [1.807, 2.05) is 0 Å². The molecule has 0 aromatic rings. The summed E-state index contributed by atoms with van der Waals surface area (Å²) in [6.07, 6.45) is 38.3. The lowest BCUT2D eigenvalue weighted by Crippen LogP contribution is -2.34. The summed E-state index contributed by atoms with van der Waals surface area (Å²) in [5.41, 5.74) is 5.35. The predicted octanol–water partition coefficient (Wildman–Crippen LogP) is 11.4. The number of hydrogen-bond acceptors (Lipinski definition) is 8. The second-order valence-electron chi connectivity index (χ2n) is 14.5. The number of nitrogens with two attached hydrogens (primary N) is 1. The van der Waals surface area contributed by atoms with Crippen molar-refractivity contribution in [3.05, 3.63) is 12.2 Å². The smallest absolute Gasteiger partial charge is 0.472 e. The van der Waals surface area contributed by atoms with Crippen LogP contribution in [0.15, 0.2) is 12.2 Å². The van der Waals surface area contributed by atoms with Crippen molar-refractivity contribution in [3.8, 4) is 0 Å². The zero-order valence-electron chi connectivity index (χ0n) is 33.4. The molecule has 0 aliphatic rings. The summed E-state index contributed by atoms with van der Waals surface area (Å²) in [6, 6.07) is -1.47. The minimum Gasteiger partial charge on any atom is -0.480 e. The summed E-state index contributed by atoms with van der Waals surface area (Å²) in [7, 11) is -4.61. The molecule has 3 atom stereocenters. The fraction of sp³-hybridized carbons (Fsp3) is 0.902. The van der Waals surface area contributed by atoms with Gasteiger partial charge in [-0.15, -0.1) is 0 Å². The second kappa shape index (κ2) is 38.0. The number of ether oxygens (including phenoxy) is 2. The van der Waals surface area contributed by atoms with E-state index in [1.165, 1.54) is 122 Å². The molecule has 0 aromatic heterocycles. The van der Waals surface area contributed by atoms with Crippen LogP contribution in [0.25, 0.3) is 0 Å². The molecule has 52 heavy (non-hydrogen) atoms. The molecule has 308 valence electrons. The normalized spacial score (nSPS) is 14.1. The van der Waals surface area contributed by atoms with Crippen molar-refractivity contribution in [2.75, 3.05) is 26.4 Å². The minimum absolute atomic E-state index is 0.0191. The molecule has 10 nitrogen and oxygen atoms in total. The van der Waals surface area contributed by atoms with Crippen LogP contribution in [-0.2, 0) is 32.7 Å². The molecule has 4 N–H and O–H groups in total. The quantitative estimate of drug-likeness (QED) is 0.0237. The van der Waals surface area contributed by atoms with Gasteiger partial charge in [0.25, 0.3) is 0 Å². The summed E-state index contributed by atoms with van der Waals surface area (Å²) in [6.45, 7) is 3.89. The van der Waals surface area contributed by atoms with Gasteiger partial charge < -0.3 is 25.2 Å². The monoisotopic (exact) mass is 762 g/mol. The molecule has 0 aliphatic carbocycles. The molecule has 11 heteroatoms. The molecule has 0 spiro atoms. The van der Waals surface area contributed by atoms with E-state index in [-0.39, 0.29) is 13.0 Å². The number of allylic oxidation sites excluding steroid dienone is 2. The number of hydrogen-bond donors (Lipinski definition) is 3. The van der Waals surface area contributed by atoms with E-state index in [1.54, 1.807) is 0 Å². The third-order valence-corrected chi connectivity index (χ3v) is 10.2. The maximum atomic E-state index is 12.6. The van der Waals surface area contributed by atoms with E-state index < -0.39 is 45.1 Å². The first-order valence-corrected chi connectivity index (χ1v) is 22.7. The highest BCUT2D eigenvalue weighted by Crippen LogP contribution is 2.43. The van der Waals surface area contributed by atoms with Crippen LogP contribution >= 0.6 is 7.82 Å². The topological polar surface area (TPSA) is 155 Å². The van der Waals surface area contributed by atoms with Crippen molar-refractivity contribution in [2.45, 2.75) is 212 Å². The van der Waals surface area contributed by atoms with E-state index in [0.717, 1.165) is 51.4 Å². The number of phosphoric ester groups is 1. The molecular weight excluding hydrogens is 681 g/mol. The molecule has 0 fully saturated rings. The summed E-state index contributed by atoms with van der Waals surface area (Å²) in [5.74, 6) is -1.78. The maximum Gasteiger partial charge on any atom is 0.472 e. The zero-order chi connectivity index (χ0) is 38.4. The summed E-state index contributed by atoms with van der Waals surface area (Å²) < 4.78 is 33.3. The van der Waals surface area contributed by atoms with Crippen LogP contribution in [0, 0.1) is 0 Å². The highest BCUT2D eigenvalue weighted by Gasteiger charge is 2.27. The van der Waals surface area contributed by atoms with Crippen molar-refractivity contribution < 1.29 is 42.7 Å². The Morgan fingerprint density at radius 3 is 1.46 bits per heavy atom. The summed E-state index contributed by atoms with van der Waals surface area (Å²) in [5, 5.41) is 8.88. The molecule has 0 aromatic carbocycles. The van der Waals surface area contributed by atoms with Crippen molar-refractivity contribution in [1.29, 1.82) is 0 Å². The van der Waals surface area contributed by atoms with Gasteiger partial charge in [-0.25, -0.2) is 4.57 Å². The lowest BCUT2D eigenvalue weighted by atomic mass is 10.0. The second-order valence-corrected chi connectivity index (χ2v) is 15.9. The van der Waals surface area contributed by atoms with Gasteiger partial charge in [-0.05, 0) is 38.5 Å². The largest absolute Gasteiger partial charge is 0.480 e. The van der Waals surface area contributed by atoms with Gasteiger partial charge in [0.2, 0.25) is 0 Å². The predicted molar refractivity (Wildman–Crippen MR) is 212 cm³/mol. The molecule has 0 radical (unpaired) electrons. The molecule has 0 aliphatic heterocycles. The number of carbonyl (C=O) groups excluding carboxylic acids is 1. The van der Waals surface area contributed by atoms with Crippen molar-refractivity contribution in [2.24, 2.45) is 5.73 Å². The molecule has 0 heterocycles. The highest BCUT2D eigenvalue weighted by atomic mass is 31.2. The van der Waals surface area contributed by atoms with E-state index in [4.69, 9.17) is 29.4 Å². The Morgan fingerprint density at radius 2 is 1.00 bits per heavy atom. The average molecular weight is 762 g/mol. The number of rotatable bonds is 41. The van der Waals surface area contributed by atoms with E-state index in [2.05, 4.69) is 26.0 Å². The molecule has 0 saturated carbocycles. The summed E-state index contributed by atoms with van der Waals surface area (Å²) >= 11 is 0. The van der Waals surface area contributed by atoms with E-state index in [0.29, 0.717) is 13.0 Å². The van der Waals surface area contributed by atoms with Crippen LogP contribution in [0.4, 0.5) is 0 Å². The van der Waals surface area contributed by atoms with Gasteiger partial charge in [0.05, 0.1) is 19.8 Å². The zero-order valence-corrected chi connectivity index (χ0v) is 34.3. The third kappa shape index (κ3) is 37.0. The Morgan fingerprint density at radius 1 is 0.596 bits per heavy atom. The first kappa shape index (κ1) is 50.7. The number of carboxylic acid groups (broad SMARTS) is 1. The van der Waals surface area contributed by atoms with Crippen LogP contribution in [0.5, 0.6) is 0 Å². The van der Waals surface area contributed by atoms with Crippen LogP contribution in [0.3, 0.4) is 0 Å². The first-order chi connectivity index (χ1) is 25.2. The van der Waals surface area contributed by atoms with E-state index >= 15 is 0 Å². The van der Waals surface area contributed by atoms with Crippen LogP contribution in [0.1, 0.15) is 200 Å². The Balaban J connectivity index is 4.24. The van der Waals surface area contributed by atoms with Crippen molar-refractivity contribution in [3.63, 3.8) is 0 Å². The van der Waals surface area contributed by atoms with Gasteiger partial charge in [0.15, 0.2) is 0 Å². The van der Waals surface area contributed by atoms with Crippen LogP contribution in [-0.4, -0.2) is 60.5 Å². The lowest BCUT2D eigenvalue weighted by molar-refractivity contribution is -0.154. The summed E-state index contributed by atoms with van der Waals surface area (Å²) in [4.78, 5) is 33.5. The van der Waals surface area contributed by atoms with Gasteiger partial charge in [0.1, 0.15) is 12.1 Å². The van der Waals surface area contributed by atoms with E-state index in [9.17, 15) is 19.0 Å². The number of unbranched alkanes of at least 4 members (excludes halogenated alkanes) is 25. The standard InChI is InChI=1S/C41H80NO9P/c1-3-5-7-9-11-13-15-17-19-20-21-23-25-27-29-31-33-40(43)51-38(36-49-52(46,47)50-37-39(42)41(44)45)35-48-34-32-30-28-26-24-22-18-16-14-12-10-8-6-4-2/h19-20,38-39H,3-18,21-37,42H2,1-2H3,(H,44,45)(H,46,47)/b20-19-. The molecule has 0 bridgehead atoms. The maximum absolute atomic E-state index is 12.6. The Kier molecular flexibility index (Phi) is 37.1. The van der Waals surface area contributed by atoms with Crippen molar-refractivity contribution >= 4 is 19.8 Å². The Hall–Kier alpha value is -1.29. The number of aliphatic carboxylic acids is 1. The SMILES string of the molecule is CCCCCCCCC/C=C\CCCCCCCC(=O)OC(COCCCCCCCCCCCCCCCC)COP(=O)(O)OCC(N)C(=O)O. The van der Waals surface area contributed by atoms with Gasteiger partial charge in [-0.1, -0.05) is 167 Å². The third-order valence-electron chi connectivity index (χ3n) is 9.29. The number of carbonyl (C=O) groups is 2. The molecular formula is C41H80NO9P. The van der Waals surface area contributed by atoms with Crippen LogP contribution < -0.4 is 5.73 Å². The van der Waals surface area contributed by atoms with Gasteiger partial charge in [0, 0.05) is 13.0 Å². The van der Waals surface area contributed by atoms with Gasteiger partial charge >= 0.3 is 19.8 Å². The number of carboxylic acids is 1. The van der Waals surface area contributed by atoms with Gasteiger partial charge in [-0.3, -0.25) is 18.6 Å². The Labute approximate surface area is 318 Å². The lowest BCUT2D eigenvalue weighted by Gasteiger charge is -2.20. The number of phosphoric acid groups is 1. The molecule has 0 saturated heterocycles. The fourth-order valence-electron chi connectivity index (χ4n) is 5.95. The number of esters is 1. The Bertz CT molecular complexity index is 888. The van der Waals surface area contributed by atoms with Crippen LogP contribution in [0.2, 0.25) is 0 Å². The molecule has 0 amide bonds.